The Morgan fingerprint density at radius 3 is 2.50 bits per heavy atom. The van der Waals surface area contributed by atoms with Crippen molar-refractivity contribution in [3.63, 3.8) is 0 Å². The summed E-state index contributed by atoms with van der Waals surface area (Å²) in [6, 6.07) is 6.29. The van der Waals surface area contributed by atoms with E-state index in [4.69, 9.17) is 15.2 Å². The number of hydrogen-bond donors (Lipinski definition) is 1. The number of rotatable bonds is 5. The van der Waals surface area contributed by atoms with Crippen LogP contribution >= 0.6 is 0 Å². The van der Waals surface area contributed by atoms with Crippen LogP contribution in [-0.4, -0.2) is 19.3 Å². The van der Waals surface area contributed by atoms with Crippen LogP contribution in [0.5, 0.6) is 11.5 Å². The van der Waals surface area contributed by atoms with Gasteiger partial charge in [-0.15, -0.1) is 0 Å². The lowest BCUT2D eigenvalue weighted by molar-refractivity contribution is 0.131. The molecule has 20 heavy (non-hydrogen) atoms. The van der Waals surface area contributed by atoms with Gasteiger partial charge in [-0.05, 0) is 62.6 Å². The molecule has 0 saturated heterocycles. The Kier molecular flexibility index (Phi) is 5.30. The molecule has 0 bridgehead atoms. The van der Waals surface area contributed by atoms with Crippen molar-refractivity contribution in [2.45, 2.75) is 58.1 Å². The van der Waals surface area contributed by atoms with Gasteiger partial charge in [0.25, 0.3) is 0 Å². The second kappa shape index (κ2) is 6.98. The Morgan fingerprint density at radius 1 is 1.20 bits per heavy atom. The zero-order valence-corrected chi connectivity index (χ0v) is 12.9. The molecular formula is C17H27NO2. The quantitative estimate of drug-likeness (QED) is 0.895. The Labute approximate surface area is 122 Å². The van der Waals surface area contributed by atoms with Crippen LogP contribution in [0.4, 0.5) is 0 Å². The molecule has 1 unspecified atom stereocenters. The first-order chi connectivity index (χ1) is 9.58. The van der Waals surface area contributed by atoms with Crippen LogP contribution < -0.4 is 15.2 Å². The smallest absolute Gasteiger partial charge is 0.161 e. The maximum Gasteiger partial charge on any atom is 0.161 e. The molecule has 0 aromatic heterocycles. The summed E-state index contributed by atoms with van der Waals surface area (Å²) in [5, 5.41) is 0. The molecule has 1 aromatic rings. The number of nitrogens with two attached hydrogens (primary N) is 1. The van der Waals surface area contributed by atoms with Gasteiger partial charge in [0, 0.05) is 6.04 Å². The molecule has 1 aliphatic carbocycles. The van der Waals surface area contributed by atoms with Gasteiger partial charge >= 0.3 is 0 Å². The minimum Gasteiger partial charge on any atom is -0.493 e. The van der Waals surface area contributed by atoms with Crippen molar-refractivity contribution in [2.75, 3.05) is 7.11 Å². The third-order valence-corrected chi connectivity index (χ3v) is 4.04. The highest BCUT2D eigenvalue weighted by Gasteiger charge is 2.21. The van der Waals surface area contributed by atoms with E-state index in [0.29, 0.717) is 6.10 Å². The summed E-state index contributed by atoms with van der Waals surface area (Å²) >= 11 is 0. The lowest BCUT2D eigenvalue weighted by Gasteiger charge is -2.27. The second-order valence-corrected chi connectivity index (χ2v) is 6.17. The van der Waals surface area contributed by atoms with E-state index in [-0.39, 0.29) is 6.04 Å². The van der Waals surface area contributed by atoms with E-state index in [0.717, 1.165) is 36.7 Å². The van der Waals surface area contributed by atoms with E-state index >= 15 is 0 Å². The largest absolute Gasteiger partial charge is 0.493 e. The summed E-state index contributed by atoms with van der Waals surface area (Å²) in [6.45, 7) is 4.34. The molecule has 0 aliphatic heterocycles. The predicted octanol–water partition coefficient (Wildman–Crippen LogP) is 3.54. The van der Waals surface area contributed by atoms with Crippen molar-refractivity contribution in [3.8, 4) is 11.5 Å². The minimum absolute atomic E-state index is 0.159. The van der Waals surface area contributed by atoms with Crippen LogP contribution in [0, 0.1) is 5.92 Å². The fourth-order valence-corrected chi connectivity index (χ4v) is 2.84. The SMILES string of the molecule is COc1ccc(CC(C)N)cc1OC1CCC(C)CC1. The van der Waals surface area contributed by atoms with Crippen LogP contribution in [0.2, 0.25) is 0 Å². The topological polar surface area (TPSA) is 44.5 Å². The lowest BCUT2D eigenvalue weighted by atomic mass is 9.89. The summed E-state index contributed by atoms with van der Waals surface area (Å²) in [5.41, 5.74) is 7.08. The van der Waals surface area contributed by atoms with Crippen molar-refractivity contribution in [3.05, 3.63) is 23.8 Å². The first kappa shape index (κ1) is 15.2. The molecule has 1 saturated carbocycles. The molecule has 1 aromatic carbocycles. The minimum atomic E-state index is 0.159. The Morgan fingerprint density at radius 2 is 1.90 bits per heavy atom. The van der Waals surface area contributed by atoms with Crippen LogP contribution in [0.25, 0.3) is 0 Å². The average molecular weight is 277 g/mol. The van der Waals surface area contributed by atoms with Crippen molar-refractivity contribution in [1.29, 1.82) is 0 Å². The molecule has 0 heterocycles. The van der Waals surface area contributed by atoms with Gasteiger partial charge in [-0.1, -0.05) is 13.0 Å². The third kappa shape index (κ3) is 4.14. The molecule has 0 radical (unpaired) electrons. The Hall–Kier alpha value is -1.22. The van der Waals surface area contributed by atoms with Crippen molar-refractivity contribution in [2.24, 2.45) is 11.7 Å². The monoisotopic (exact) mass is 277 g/mol. The molecule has 3 nitrogen and oxygen atoms in total. The maximum atomic E-state index is 6.18. The summed E-state index contributed by atoms with van der Waals surface area (Å²) in [6.07, 6.45) is 5.98. The van der Waals surface area contributed by atoms with Gasteiger partial charge in [-0.25, -0.2) is 0 Å². The molecule has 3 heteroatoms. The zero-order valence-electron chi connectivity index (χ0n) is 12.9. The first-order valence-corrected chi connectivity index (χ1v) is 7.67. The molecule has 112 valence electrons. The molecule has 0 spiro atoms. The van der Waals surface area contributed by atoms with Gasteiger partial charge < -0.3 is 15.2 Å². The first-order valence-electron chi connectivity index (χ1n) is 7.67. The highest BCUT2D eigenvalue weighted by atomic mass is 16.5. The van der Waals surface area contributed by atoms with Gasteiger partial charge in [-0.3, -0.25) is 0 Å². The van der Waals surface area contributed by atoms with Gasteiger partial charge in [-0.2, -0.15) is 0 Å². The predicted molar refractivity (Wildman–Crippen MR) is 82.4 cm³/mol. The molecule has 2 N–H and O–H groups in total. The average Bonchev–Trinajstić information content (AvgIpc) is 2.41. The summed E-state index contributed by atoms with van der Waals surface area (Å²) in [5.74, 6) is 2.52. The summed E-state index contributed by atoms with van der Waals surface area (Å²) < 4.78 is 11.6. The van der Waals surface area contributed by atoms with Crippen LogP contribution in [-0.2, 0) is 6.42 Å². The normalized spacial score (nSPS) is 24.2. The molecule has 1 aliphatic rings. The van der Waals surface area contributed by atoms with Crippen molar-refractivity contribution in [1.82, 2.24) is 0 Å². The standard InChI is InChI=1S/C17H27NO2/c1-12-4-7-15(8-5-12)20-17-11-14(10-13(2)18)6-9-16(17)19-3/h6,9,11-13,15H,4-5,7-8,10,18H2,1-3H3. The fraction of sp³-hybridized carbons (Fsp3) is 0.647. The Balaban J connectivity index is 2.07. The van der Waals surface area contributed by atoms with Crippen molar-refractivity contribution >= 4 is 0 Å². The number of methoxy groups -OCH3 is 1. The van der Waals surface area contributed by atoms with Crippen LogP contribution in [0.3, 0.4) is 0 Å². The summed E-state index contributed by atoms with van der Waals surface area (Å²) in [4.78, 5) is 0. The van der Waals surface area contributed by atoms with Crippen LogP contribution in [0.1, 0.15) is 45.1 Å². The number of ether oxygens (including phenoxy) is 2. The molecule has 0 amide bonds. The van der Waals surface area contributed by atoms with Crippen LogP contribution in [0.15, 0.2) is 18.2 Å². The highest BCUT2D eigenvalue weighted by Crippen LogP contribution is 2.33. The summed E-state index contributed by atoms with van der Waals surface area (Å²) in [7, 11) is 1.69. The van der Waals surface area contributed by atoms with E-state index in [1.165, 1.54) is 18.4 Å². The third-order valence-electron chi connectivity index (χ3n) is 4.04. The van der Waals surface area contributed by atoms with E-state index in [1.807, 2.05) is 13.0 Å². The zero-order chi connectivity index (χ0) is 14.5. The lowest BCUT2D eigenvalue weighted by Crippen LogP contribution is -2.23. The second-order valence-electron chi connectivity index (χ2n) is 6.17. The van der Waals surface area contributed by atoms with Gasteiger partial charge in [0.05, 0.1) is 13.2 Å². The van der Waals surface area contributed by atoms with Gasteiger partial charge in [0.2, 0.25) is 0 Å². The van der Waals surface area contributed by atoms with Gasteiger partial charge in [0.15, 0.2) is 11.5 Å². The highest BCUT2D eigenvalue weighted by molar-refractivity contribution is 5.43. The molecule has 1 atom stereocenters. The molecule has 2 rings (SSSR count). The molecular weight excluding hydrogens is 250 g/mol. The van der Waals surface area contributed by atoms with Gasteiger partial charge in [0.1, 0.15) is 0 Å². The Bertz CT molecular complexity index is 423. The fourth-order valence-electron chi connectivity index (χ4n) is 2.84. The van der Waals surface area contributed by atoms with Crippen molar-refractivity contribution < 1.29 is 9.47 Å². The van der Waals surface area contributed by atoms with E-state index in [1.54, 1.807) is 7.11 Å². The molecule has 1 fully saturated rings. The van der Waals surface area contributed by atoms with E-state index in [9.17, 15) is 0 Å². The van der Waals surface area contributed by atoms with E-state index in [2.05, 4.69) is 19.1 Å². The number of hydrogen-bond acceptors (Lipinski definition) is 3. The number of benzene rings is 1. The van der Waals surface area contributed by atoms with E-state index < -0.39 is 0 Å². The maximum absolute atomic E-state index is 6.18.